The second-order valence-electron chi connectivity index (χ2n) is 5.07. The highest BCUT2D eigenvalue weighted by atomic mass is 79.9. The first-order valence-electron chi connectivity index (χ1n) is 6.57. The topological polar surface area (TPSA) is 35.2 Å². The Bertz CT molecular complexity index is 607. The molecule has 2 atom stereocenters. The van der Waals surface area contributed by atoms with E-state index in [0.717, 1.165) is 16.6 Å². The van der Waals surface area contributed by atoms with Gasteiger partial charge in [0.2, 0.25) is 0 Å². The normalized spacial score (nSPS) is 18.4. The van der Waals surface area contributed by atoms with Crippen molar-refractivity contribution in [1.82, 2.24) is 0 Å². The number of fused-ring (bicyclic) bond motifs is 1. The molecule has 0 amide bonds. The third-order valence-corrected chi connectivity index (χ3v) is 4.11. The Labute approximate surface area is 125 Å². The van der Waals surface area contributed by atoms with Crippen molar-refractivity contribution in [2.24, 2.45) is 5.73 Å². The first-order valence-corrected chi connectivity index (χ1v) is 7.37. The predicted octanol–water partition coefficient (Wildman–Crippen LogP) is 3.46. The molecule has 0 aromatic heterocycles. The average Bonchev–Trinajstić information content (AvgIpc) is 2.86. The number of ether oxygens (including phenoxy) is 1. The third-order valence-electron chi connectivity index (χ3n) is 3.62. The number of rotatable bonds is 3. The van der Waals surface area contributed by atoms with E-state index in [1.54, 1.807) is 6.07 Å². The van der Waals surface area contributed by atoms with Crippen LogP contribution in [0.15, 0.2) is 46.9 Å². The zero-order chi connectivity index (χ0) is 14.1. The number of benzene rings is 2. The maximum atomic E-state index is 13.8. The minimum atomic E-state index is -0.231. The molecule has 0 spiro atoms. The maximum absolute atomic E-state index is 13.8. The Balaban J connectivity index is 1.70. The van der Waals surface area contributed by atoms with Crippen LogP contribution in [0.1, 0.15) is 11.1 Å². The molecule has 2 nitrogen and oxygen atoms in total. The summed E-state index contributed by atoms with van der Waals surface area (Å²) in [5, 5.41) is 0. The molecule has 0 aliphatic carbocycles. The summed E-state index contributed by atoms with van der Waals surface area (Å²) in [6.45, 7) is 0. The van der Waals surface area contributed by atoms with Crippen LogP contribution in [0.25, 0.3) is 0 Å². The van der Waals surface area contributed by atoms with E-state index in [4.69, 9.17) is 10.5 Å². The van der Waals surface area contributed by atoms with E-state index >= 15 is 0 Å². The molecular weight excluding hydrogens is 321 g/mol. The van der Waals surface area contributed by atoms with Crippen molar-refractivity contribution < 1.29 is 9.13 Å². The standard InChI is InChI=1S/C16H15BrFNO/c17-12-6-5-10(13(18)9-12)7-14(19)16-8-11-3-1-2-4-15(11)20-16/h1-6,9,14,16H,7-8,19H2. The Kier molecular flexibility index (Phi) is 3.76. The molecule has 3 rings (SSSR count). The molecule has 1 aliphatic rings. The molecule has 1 heterocycles. The smallest absolute Gasteiger partial charge is 0.127 e. The largest absolute Gasteiger partial charge is 0.488 e. The molecule has 2 N–H and O–H groups in total. The van der Waals surface area contributed by atoms with Crippen molar-refractivity contribution in [3.8, 4) is 5.75 Å². The molecule has 1 aliphatic heterocycles. The van der Waals surface area contributed by atoms with Crippen LogP contribution in [-0.2, 0) is 12.8 Å². The molecule has 0 radical (unpaired) electrons. The summed E-state index contributed by atoms with van der Waals surface area (Å²) in [5.74, 6) is 0.662. The van der Waals surface area contributed by atoms with Gasteiger partial charge in [-0.1, -0.05) is 40.2 Å². The van der Waals surface area contributed by atoms with Gasteiger partial charge < -0.3 is 10.5 Å². The van der Waals surface area contributed by atoms with Crippen molar-refractivity contribution >= 4 is 15.9 Å². The Morgan fingerprint density at radius 3 is 2.85 bits per heavy atom. The molecule has 0 saturated carbocycles. The minimum Gasteiger partial charge on any atom is -0.488 e. The van der Waals surface area contributed by atoms with Crippen molar-refractivity contribution in [2.75, 3.05) is 0 Å². The van der Waals surface area contributed by atoms with Gasteiger partial charge in [-0.2, -0.15) is 0 Å². The van der Waals surface area contributed by atoms with Gasteiger partial charge in [0.1, 0.15) is 17.7 Å². The average molecular weight is 336 g/mol. The summed E-state index contributed by atoms with van der Waals surface area (Å²) < 4.78 is 20.4. The zero-order valence-corrected chi connectivity index (χ0v) is 12.4. The quantitative estimate of drug-likeness (QED) is 0.932. The molecule has 0 bridgehead atoms. The van der Waals surface area contributed by atoms with Gasteiger partial charge in [-0.3, -0.25) is 0 Å². The molecule has 20 heavy (non-hydrogen) atoms. The van der Waals surface area contributed by atoms with E-state index in [1.807, 2.05) is 30.3 Å². The third kappa shape index (κ3) is 2.72. The lowest BCUT2D eigenvalue weighted by Crippen LogP contribution is -2.39. The van der Waals surface area contributed by atoms with Gasteiger partial charge in [0.05, 0.1) is 0 Å². The highest BCUT2D eigenvalue weighted by Gasteiger charge is 2.28. The SMILES string of the molecule is NC(Cc1ccc(Br)cc1F)C1Cc2ccccc2O1. The molecule has 2 aromatic carbocycles. The summed E-state index contributed by atoms with van der Waals surface area (Å²) >= 11 is 3.25. The van der Waals surface area contributed by atoms with Gasteiger partial charge in [-0.25, -0.2) is 4.39 Å². The van der Waals surface area contributed by atoms with Crippen LogP contribution in [0.3, 0.4) is 0 Å². The van der Waals surface area contributed by atoms with Crippen LogP contribution in [0.4, 0.5) is 4.39 Å². The number of para-hydroxylation sites is 1. The first-order chi connectivity index (χ1) is 9.63. The molecule has 4 heteroatoms. The van der Waals surface area contributed by atoms with E-state index < -0.39 is 0 Å². The summed E-state index contributed by atoms with van der Waals surface area (Å²) in [6, 6.07) is 12.8. The lowest BCUT2D eigenvalue weighted by atomic mass is 9.98. The van der Waals surface area contributed by atoms with E-state index in [-0.39, 0.29) is 18.0 Å². The van der Waals surface area contributed by atoms with Crippen molar-refractivity contribution in [2.45, 2.75) is 25.0 Å². The molecule has 2 unspecified atom stereocenters. The van der Waals surface area contributed by atoms with Gasteiger partial charge in [-0.15, -0.1) is 0 Å². The van der Waals surface area contributed by atoms with Crippen molar-refractivity contribution in [3.05, 3.63) is 63.9 Å². The number of halogens is 2. The Hall–Kier alpha value is -1.39. The van der Waals surface area contributed by atoms with E-state index in [2.05, 4.69) is 15.9 Å². The predicted molar refractivity (Wildman–Crippen MR) is 80.3 cm³/mol. The van der Waals surface area contributed by atoms with Crippen LogP contribution >= 0.6 is 15.9 Å². The second-order valence-corrected chi connectivity index (χ2v) is 5.99. The summed E-state index contributed by atoms with van der Waals surface area (Å²) in [5.41, 5.74) is 7.99. The second kappa shape index (κ2) is 5.54. The summed E-state index contributed by atoms with van der Waals surface area (Å²) in [6.07, 6.45) is 1.17. The molecule has 0 fully saturated rings. The molecule has 104 valence electrons. The fraction of sp³-hybridized carbons (Fsp3) is 0.250. The van der Waals surface area contributed by atoms with Gasteiger partial charge >= 0.3 is 0 Å². The van der Waals surface area contributed by atoms with Crippen LogP contribution in [0, 0.1) is 5.82 Å². The fourth-order valence-electron chi connectivity index (χ4n) is 2.52. The molecule has 2 aromatic rings. The lowest BCUT2D eigenvalue weighted by Gasteiger charge is -2.19. The highest BCUT2D eigenvalue weighted by molar-refractivity contribution is 9.10. The minimum absolute atomic E-state index is 0.0875. The van der Waals surface area contributed by atoms with E-state index in [0.29, 0.717) is 12.0 Å². The van der Waals surface area contributed by atoms with E-state index in [1.165, 1.54) is 11.6 Å². The van der Waals surface area contributed by atoms with Crippen LogP contribution < -0.4 is 10.5 Å². The van der Waals surface area contributed by atoms with Crippen LogP contribution in [0.5, 0.6) is 5.75 Å². The summed E-state index contributed by atoms with van der Waals surface area (Å²) in [4.78, 5) is 0. The Morgan fingerprint density at radius 1 is 1.30 bits per heavy atom. The Morgan fingerprint density at radius 2 is 2.10 bits per heavy atom. The molecule has 0 saturated heterocycles. The van der Waals surface area contributed by atoms with Crippen LogP contribution in [-0.4, -0.2) is 12.1 Å². The van der Waals surface area contributed by atoms with Crippen molar-refractivity contribution in [3.63, 3.8) is 0 Å². The van der Waals surface area contributed by atoms with Gasteiger partial charge in [-0.05, 0) is 35.7 Å². The maximum Gasteiger partial charge on any atom is 0.127 e. The first kappa shape index (κ1) is 13.6. The van der Waals surface area contributed by atoms with Gasteiger partial charge in [0.25, 0.3) is 0 Å². The highest BCUT2D eigenvalue weighted by Crippen LogP contribution is 2.30. The zero-order valence-electron chi connectivity index (χ0n) is 10.9. The monoisotopic (exact) mass is 335 g/mol. The molecular formula is C16H15BrFNO. The van der Waals surface area contributed by atoms with Gasteiger partial charge in [0.15, 0.2) is 0 Å². The number of hydrogen-bond donors (Lipinski definition) is 1. The number of hydrogen-bond acceptors (Lipinski definition) is 2. The van der Waals surface area contributed by atoms with Gasteiger partial charge in [0, 0.05) is 16.9 Å². The van der Waals surface area contributed by atoms with Crippen molar-refractivity contribution in [1.29, 1.82) is 0 Å². The van der Waals surface area contributed by atoms with Crippen LogP contribution in [0.2, 0.25) is 0 Å². The lowest BCUT2D eigenvalue weighted by molar-refractivity contribution is 0.197. The number of nitrogens with two attached hydrogens (primary N) is 1. The van der Waals surface area contributed by atoms with E-state index in [9.17, 15) is 4.39 Å². The fourth-order valence-corrected chi connectivity index (χ4v) is 2.85. The summed E-state index contributed by atoms with van der Waals surface area (Å²) in [7, 11) is 0.